The number of ether oxygens (including phenoxy) is 1. The first kappa shape index (κ1) is 13.4. The first-order valence-electron chi connectivity index (χ1n) is 4.97. The fraction of sp³-hybridized carbons (Fsp3) is 0.455. The van der Waals surface area contributed by atoms with Gasteiger partial charge in [-0.1, -0.05) is 0 Å². The summed E-state index contributed by atoms with van der Waals surface area (Å²) in [7, 11) is 0. The molecule has 0 bridgehead atoms. The van der Waals surface area contributed by atoms with Gasteiger partial charge < -0.3 is 9.84 Å². The zero-order chi connectivity index (χ0) is 12.0. The topological polar surface area (TPSA) is 29.5 Å². The molecule has 0 saturated carbocycles. The zero-order valence-electron chi connectivity index (χ0n) is 8.95. The number of aliphatic hydroxyl groups is 1. The summed E-state index contributed by atoms with van der Waals surface area (Å²) in [5.74, 6) is -1.34. The Balaban J connectivity index is 2.39. The summed E-state index contributed by atoms with van der Waals surface area (Å²) in [5, 5.41) is 9.45. The number of halogens is 2. The molecule has 0 aliphatic carbocycles. The Morgan fingerprint density at radius 1 is 1.38 bits per heavy atom. The highest BCUT2D eigenvalue weighted by Gasteiger charge is 2.07. The second-order valence-corrected chi connectivity index (χ2v) is 4.29. The average Bonchev–Trinajstić information content (AvgIpc) is 2.28. The molecule has 1 rings (SSSR count). The van der Waals surface area contributed by atoms with Gasteiger partial charge in [0.1, 0.15) is 0 Å². The van der Waals surface area contributed by atoms with E-state index in [0.717, 1.165) is 12.1 Å². The SMILES string of the molecule is CCOCC(O)CSc1ccc(F)c(F)c1. The van der Waals surface area contributed by atoms with Gasteiger partial charge in [0, 0.05) is 17.3 Å². The van der Waals surface area contributed by atoms with Crippen molar-refractivity contribution in [3.05, 3.63) is 29.8 Å². The molecule has 0 radical (unpaired) electrons. The highest BCUT2D eigenvalue weighted by Crippen LogP contribution is 2.21. The fourth-order valence-corrected chi connectivity index (χ4v) is 1.89. The van der Waals surface area contributed by atoms with Gasteiger partial charge in [0.25, 0.3) is 0 Å². The van der Waals surface area contributed by atoms with Crippen molar-refractivity contribution in [2.75, 3.05) is 19.0 Å². The molecule has 1 aromatic carbocycles. The highest BCUT2D eigenvalue weighted by atomic mass is 32.2. The third kappa shape index (κ3) is 4.47. The van der Waals surface area contributed by atoms with Crippen molar-refractivity contribution in [2.24, 2.45) is 0 Å². The van der Waals surface area contributed by atoms with Crippen LogP contribution in [0.4, 0.5) is 8.78 Å². The quantitative estimate of drug-likeness (QED) is 0.784. The fourth-order valence-electron chi connectivity index (χ4n) is 1.06. The van der Waals surface area contributed by atoms with Crippen molar-refractivity contribution < 1.29 is 18.6 Å². The molecule has 0 aromatic heterocycles. The molecule has 2 nitrogen and oxygen atoms in total. The highest BCUT2D eigenvalue weighted by molar-refractivity contribution is 7.99. The smallest absolute Gasteiger partial charge is 0.159 e. The molecule has 0 aliphatic rings. The summed E-state index contributed by atoms with van der Waals surface area (Å²) in [6, 6.07) is 3.68. The molecular formula is C11H14F2O2S. The second-order valence-electron chi connectivity index (χ2n) is 3.20. The molecule has 0 amide bonds. The summed E-state index contributed by atoms with van der Waals surface area (Å²) >= 11 is 1.27. The van der Waals surface area contributed by atoms with Gasteiger partial charge in [0.05, 0.1) is 12.7 Å². The normalized spacial score (nSPS) is 12.8. The third-order valence-corrected chi connectivity index (χ3v) is 2.99. The van der Waals surface area contributed by atoms with Crippen LogP contribution in [0.25, 0.3) is 0 Å². The van der Waals surface area contributed by atoms with Gasteiger partial charge in [0.2, 0.25) is 0 Å². The van der Waals surface area contributed by atoms with E-state index in [1.807, 2.05) is 6.92 Å². The van der Waals surface area contributed by atoms with Gasteiger partial charge in [-0.2, -0.15) is 0 Å². The van der Waals surface area contributed by atoms with E-state index in [4.69, 9.17) is 4.74 Å². The van der Waals surface area contributed by atoms with Crippen LogP contribution in [-0.2, 0) is 4.74 Å². The van der Waals surface area contributed by atoms with E-state index < -0.39 is 17.7 Å². The van der Waals surface area contributed by atoms with Crippen LogP contribution in [-0.4, -0.2) is 30.2 Å². The van der Waals surface area contributed by atoms with E-state index >= 15 is 0 Å². The molecule has 0 fully saturated rings. The lowest BCUT2D eigenvalue weighted by Crippen LogP contribution is -2.17. The Kier molecular flexibility index (Phi) is 5.73. The van der Waals surface area contributed by atoms with Crippen molar-refractivity contribution >= 4 is 11.8 Å². The molecule has 90 valence electrons. The lowest BCUT2D eigenvalue weighted by molar-refractivity contribution is 0.0551. The minimum atomic E-state index is -0.871. The van der Waals surface area contributed by atoms with Crippen LogP contribution in [0.3, 0.4) is 0 Å². The van der Waals surface area contributed by atoms with Crippen LogP contribution in [0.15, 0.2) is 23.1 Å². The average molecular weight is 248 g/mol. The Labute approximate surface area is 97.6 Å². The van der Waals surface area contributed by atoms with Crippen molar-refractivity contribution in [1.29, 1.82) is 0 Å². The predicted molar refractivity (Wildman–Crippen MR) is 59.6 cm³/mol. The maximum atomic E-state index is 12.8. The van der Waals surface area contributed by atoms with Crippen molar-refractivity contribution in [2.45, 2.75) is 17.9 Å². The summed E-state index contributed by atoms with van der Waals surface area (Å²) in [5.41, 5.74) is 0. The number of rotatable bonds is 6. The predicted octanol–water partition coefficient (Wildman–Crippen LogP) is 2.45. The van der Waals surface area contributed by atoms with Crippen LogP contribution >= 0.6 is 11.8 Å². The van der Waals surface area contributed by atoms with Gasteiger partial charge in [-0.05, 0) is 25.1 Å². The largest absolute Gasteiger partial charge is 0.390 e. The van der Waals surface area contributed by atoms with Gasteiger partial charge in [-0.15, -0.1) is 11.8 Å². The van der Waals surface area contributed by atoms with Crippen LogP contribution in [0.5, 0.6) is 0 Å². The van der Waals surface area contributed by atoms with Gasteiger partial charge in [0.15, 0.2) is 11.6 Å². The lowest BCUT2D eigenvalue weighted by atomic mass is 10.3. The van der Waals surface area contributed by atoms with E-state index in [0.29, 0.717) is 17.3 Å². The summed E-state index contributed by atoms with van der Waals surface area (Å²) in [4.78, 5) is 0.592. The Bertz CT molecular complexity index is 334. The molecule has 0 spiro atoms. The number of benzene rings is 1. The third-order valence-electron chi connectivity index (χ3n) is 1.85. The minimum absolute atomic E-state index is 0.257. The molecule has 5 heteroatoms. The Morgan fingerprint density at radius 2 is 2.12 bits per heavy atom. The Morgan fingerprint density at radius 3 is 2.75 bits per heavy atom. The number of aliphatic hydroxyl groups excluding tert-OH is 1. The monoisotopic (exact) mass is 248 g/mol. The molecular weight excluding hydrogens is 234 g/mol. The van der Waals surface area contributed by atoms with Crippen LogP contribution < -0.4 is 0 Å². The first-order valence-corrected chi connectivity index (χ1v) is 5.95. The van der Waals surface area contributed by atoms with Crippen molar-refractivity contribution in [1.82, 2.24) is 0 Å². The van der Waals surface area contributed by atoms with Crippen molar-refractivity contribution in [3.63, 3.8) is 0 Å². The molecule has 1 unspecified atom stereocenters. The van der Waals surface area contributed by atoms with Gasteiger partial charge in [-0.25, -0.2) is 8.78 Å². The van der Waals surface area contributed by atoms with Gasteiger partial charge in [-0.3, -0.25) is 0 Å². The first-order chi connectivity index (χ1) is 7.63. The molecule has 1 N–H and O–H groups in total. The molecule has 1 aromatic rings. The summed E-state index contributed by atoms with van der Waals surface area (Å²) in [6.45, 7) is 2.65. The van der Waals surface area contributed by atoms with E-state index in [-0.39, 0.29) is 6.61 Å². The number of thioether (sulfide) groups is 1. The van der Waals surface area contributed by atoms with E-state index in [1.54, 1.807) is 0 Å². The second kappa shape index (κ2) is 6.83. The molecule has 16 heavy (non-hydrogen) atoms. The van der Waals surface area contributed by atoms with E-state index in [1.165, 1.54) is 17.8 Å². The van der Waals surface area contributed by atoms with Gasteiger partial charge >= 0.3 is 0 Å². The minimum Gasteiger partial charge on any atom is -0.390 e. The molecule has 0 aliphatic heterocycles. The maximum Gasteiger partial charge on any atom is 0.159 e. The summed E-state index contributed by atoms with van der Waals surface area (Å²) < 4.78 is 30.5. The van der Waals surface area contributed by atoms with Crippen LogP contribution in [0.2, 0.25) is 0 Å². The zero-order valence-corrected chi connectivity index (χ0v) is 9.77. The number of hydrogen-bond acceptors (Lipinski definition) is 3. The molecule has 0 saturated heterocycles. The standard InChI is InChI=1S/C11H14F2O2S/c1-2-15-6-8(14)7-16-9-3-4-10(12)11(13)5-9/h3-5,8,14H,2,6-7H2,1H3. The van der Waals surface area contributed by atoms with Crippen molar-refractivity contribution in [3.8, 4) is 0 Å². The van der Waals surface area contributed by atoms with E-state index in [2.05, 4.69) is 0 Å². The lowest BCUT2D eigenvalue weighted by Gasteiger charge is -2.09. The number of hydrogen-bond donors (Lipinski definition) is 1. The summed E-state index contributed by atoms with van der Waals surface area (Å²) in [6.07, 6.45) is -0.599. The van der Waals surface area contributed by atoms with E-state index in [9.17, 15) is 13.9 Å². The van der Waals surface area contributed by atoms with Crippen LogP contribution in [0, 0.1) is 11.6 Å². The van der Waals surface area contributed by atoms with Crippen LogP contribution in [0.1, 0.15) is 6.92 Å². The molecule has 1 atom stereocenters. The molecule has 0 heterocycles. The maximum absolute atomic E-state index is 12.8. The Hall–Kier alpha value is -0.650.